The molecule has 2 heteroatoms. The van der Waals surface area contributed by atoms with Gasteiger partial charge in [0.1, 0.15) is 0 Å². The van der Waals surface area contributed by atoms with Crippen molar-refractivity contribution in [1.29, 1.82) is 0 Å². The molecule has 4 atom stereocenters. The van der Waals surface area contributed by atoms with Crippen molar-refractivity contribution in [3.63, 3.8) is 0 Å². The third-order valence-corrected chi connectivity index (χ3v) is 4.42. The van der Waals surface area contributed by atoms with Crippen LogP contribution in [0.2, 0.25) is 0 Å². The quantitative estimate of drug-likeness (QED) is 0.407. The van der Waals surface area contributed by atoms with Crippen molar-refractivity contribution in [2.45, 2.75) is 30.9 Å². The van der Waals surface area contributed by atoms with Crippen molar-refractivity contribution in [3.05, 3.63) is 11.6 Å². The summed E-state index contributed by atoms with van der Waals surface area (Å²) in [5, 5.41) is 0. The maximum absolute atomic E-state index is 5.93. The molecule has 0 bridgehead atoms. The minimum absolute atomic E-state index is 0.495. The smallest absolute Gasteiger partial charge is 0.0674 e. The van der Waals surface area contributed by atoms with Crippen molar-refractivity contribution < 1.29 is 4.74 Å². The van der Waals surface area contributed by atoms with E-state index in [9.17, 15) is 0 Å². The van der Waals surface area contributed by atoms with E-state index < -0.39 is 0 Å². The van der Waals surface area contributed by atoms with Crippen LogP contribution in [0.1, 0.15) is 19.3 Å². The lowest BCUT2D eigenvalue weighted by Gasteiger charge is -2.33. The van der Waals surface area contributed by atoms with Gasteiger partial charge in [0.25, 0.3) is 0 Å². The maximum Gasteiger partial charge on any atom is 0.0674 e. The van der Waals surface area contributed by atoms with E-state index in [0.29, 0.717) is 11.6 Å². The van der Waals surface area contributed by atoms with E-state index in [1.165, 1.54) is 32.4 Å². The van der Waals surface area contributed by atoms with Crippen LogP contribution in [0.25, 0.3) is 0 Å². The van der Waals surface area contributed by atoms with Gasteiger partial charge in [-0.3, -0.25) is 4.90 Å². The average Bonchev–Trinajstić information content (AvgIpc) is 2.77. The summed E-state index contributed by atoms with van der Waals surface area (Å²) in [6.45, 7) is 3.51. The van der Waals surface area contributed by atoms with Crippen LogP contribution in [0.15, 0.2) is 11.6 Å². The average molecular weight is 177 g/mol. The van der Waals surface area contributed by atoms with E-state index in [-0.39, 0.29) is 0 Å². The van der Waals surface area contributed by atoms with Crippen LogP contribution in [-0.2, 0) is 4.74 Å². The SMILES string of the molecule is C1=C2CCC[C@H]3OC[C@@]4(CN4C1)[C@@H]23. The summed E-state index contributed by atoms with van der Waals surface area (Å²) in [5.74, 6) is 0.787. The van der Waals surface area contributed by atoms with Gasteiger partial charge in [-0.1, -0.05) is 11.6 Å². The number of ether oxygens (including phenoxy) is 1. The fourth-order valence-corrected chi connectivity index (χ4v) is 3.71. The van der Waals surface area contributed by atoms with E-state index in [0.717, 1.165) is 12.5 Å². The predicted octanol–water partition coefficient (Wildman–Crippen LogP) is 1.18. The summed E-state index contributed by atoms with van der Waals surface area (Å²) in [6, 6.07) is 0. The highest BCUT2D eigenvalue weighted by atomic mass is 16.5. The van der Waals surface area contributed by atoms with E-state index >= 15 is 0 Å². The molecule has 3 aliphatic heterocycles. The molecule has 1 aliphatic carbocycles. The van der Waals surface area contributed by atoms with E-state index in [4.69, 9.17) is 4.74 Å². The van der Waals surface area contributed by atoms with Crippen molar-refractivity contribution in [2.24, 2.45) is 5.92 Å². The van der Waals surface area contributed by atoms with E-state index in [2.05, 4.69) is 11.0 Å². The molecule has 1 saturated carbocycles. The van der Waals surface area contributed by atoms with E-state index in [1.807, 2.05) is 0 Å². The zero-order chi connectivity index (χ0) is 8.47. The van der Waals surface area contributed by atoms with Crippen molar-refractivity contribution in [3.8, 4) is 0 Å². The number of nitrogens with zero attached hydrogens (tertiary/aromatic N) is 1. The fourth-order valence-electron chi connectivity index (χ4n) is 3.71. The Morgan fingerprint density at radius 2 is 2.54 bits per heavy atom. The van der Waals surface area contributed by atoms with Gasteiger partial charge in [0.2, 0.25) is 0 Å². The molecule has 0 aromatic rings. The molecule has 1 spiro atoms. The number of rotatable bonds is 0. The van der Waals surface area contributed by atoms with Gasteiger partial charge in [0, 0.05) is 19.0 Å². The Bertz CT molecular complexity index is 298. The van der Waals surface area contributed by atoms with Gasteiger partial charge in [0.05, 0.1) is 18.2 Å². The highest BCUT2D eigenvalue weighted by Crippen LogP contribution is 2.55. The Kier molecular flexibility index (Phi) is 1.09. The van der Waals surface area contributed by atoms with Crippen molar-refractivity contribution in [2.75, 3.05) is 19.7 Å². The summed E-state index contributed by atoms with van der Waals surface area (Å²) >= 11 is 0. The fraction of sp³-hybridized carbons (Fsp3) is 0.818. The number of hydrogen-bond acceptors (Lipinski definition) is 2. The summed E-state index contributed by atoms with van der Waals surface area (Å²) in [7, 11) is 0. The molecule has 3 heterocycles. The van der Waals surface area contributed by atoms with Gasteiger partial charge in [0.15, 0.2) is 0 Å². The molecule has 1 unspecified atom stereocenters. The molecule has 13 heavy (non-hydrogen) atoms. The summed E-state index contributed by atoms with van der Waals surface area (Å²) in [4.78, 5) is 2.59. The summed E-state index contributed by atoms with van der Waals surface area (Å²) < 4.78 is 5.93. The Balaban J connectivity index is 1.83. The van der Waals surface area contributed by atoms with Crippen LogP contribution < -0.4 is 0 Å². The van der Waals surface area contributed by atoms with Gasteiger partial charge in [-0.15, -0.1) is 0 Å². The van der Waals surface area contributed by atoms with Crippen LogP contribution in [0.3, 0.4) is 0 Å². The van der Waals surface area contributed by atoms with Crippen LogP contribution >= 0.6 is 0 Å². The Labute approximate surface area is 78.5 Å². The lowest BCUT2D eigenvalue weighted by molar-refractivity contribution is 0.0798. The first kappa shape index (κ1) is 7.02. The summed E-state index contributed by atoms with van der Waals surface area (Å²) in [6.07, 6.45) is 7.04. The second-order valence-electron chi connectivity index (χ2n) is 4.98. The van der Waals surface area contributed by atoms with Crippen molar-refractivity contribution in [1.82, 2.24) is 4.90 Å². The minimum atomic E-state index is 0.495. The third-order valence-electron chi connectivity index (χ3n) is 4.42. The third kappa shape index (κ3) is 0.692. The molecule has 2 nitrogen and oxygen atoms in total. The lowest BCUT2D eigenvalue weighted by Crippen LogP contribution is -2.37. The topological polar surface area (TPSA) is 12.2 Å². The van der Waals surface area contributed by atoms with Crippen LogP contribution in [-0.4, -0.2) is 36.2 Å². The van der Waals surface area contributed by atoms with Gasteiger partial charge in [-0.05, 0) is 19.3 Å². The zero-order valence-electron chi connectivity index (χ0n) is 7.83. The minimum Gasteiger partial charge on any atom is -0.376 e. The van der Waals surface area contributed by atoms with Gasteiger partial charge in [-0.25, -0.2) is 0 Å². The second kappa shape index (κ2) is 2.01. The Morgan fingerprint density at radius 3 is 3.54 bits per heavy atom. The monoisotopic (exact) mass is 177 g/mol. The second-order valence-corrected chi connectivity index (χ2v) is 4.98. The molecule has 70 valence electrons. The zero-order valence-corrected chi connectivity index (χ0v) is 7.83. The highest BCUT2D eigenvalue weighted by Gasteiger charge is 2.65. The molecule has 3 fully saturated rings. The van der Waals surface area contributed by atoms with Crippen LogP contribution in [0.5, 0.6) is 0 Å². The molecule has 0 radical (unpaired) electrons. The molecule has 4 rings (SSSR count). The first-order valence-electron chi connectivity index (χ1n) is 5.46. The summed E-state index contributed by atoms with van der Waals surface area (Å²) in [5.41, 5.74) is 2.22. The van der Waals surface area contributed by atoms with E-state index in [1.54, 1.807) is 5.57 Å². The highest BCUT2D eigenvalue weighted by molar-refractivity contribution is 5.33. The molecule has 0 amide bonds. The van der Waals surface area contributed by atoms with Crippen LogP contribution in [0, 0.1) is 5.92 Å². The first-order chi connectivity index (χ1) is 6.40. The molecular formula is C11H15NO. The Morgan fingerprint density at radius 1 is 1.54 bits per heavy atom. The van der Waals surface area contributed by atoms with Gasteiger partial charge >= 0.3 is 0 Å². The van der Waals surface area contributed by atoms with Crippen LogP contribution in [0.4, 0.5) is 0 Å². The maximum atomic E-state index is 5.93. The van der Waals surface area contributed by atoms with Crippen molar-refractivity contribution >= 4 is 0 Å². The molecule has 2 saturated heterocycles. The molecule has 0 aromatic heterocycles. The van der Waals surface area contributed by atoms with Gasteiger partial charge in [-0.2, -0.15) is 0 Å². The first-order valence-corrected chi connectivity index (χ1v) is 5.46. The number of hydrogen-bond donors (Lipinski definition) is 0. The molecular weight excluding hydrogens is 162 g/mol. The largest absolute Gasteiger partial charge is 0.376 e. The van der Waals surface area contributed by atoms with Gasteiger partial charge < -0.3 is 4.74 Å². The molecule has 0 aromatic carbocycles. The standard InChI is InChI=1S/C11H15NO/c1-2-8-4-5-12-6-11(12)7-13-9(3-1)10(8)11/h4,9-10H,1-3,5-7H2/t9-,10+,11+,12?/m1/s1. The molecule has 4 aliphatic rings. The normalized spacial score (nSPS) is 56.6. The lowest BCUT2D eigenvalue weighted by atomic mass is 9.75. The Hall–Kier alpha value is -0.340. The molecule has 0 N–H and O–H groups in total. The predicted molar refractivity (Wildman–Crippen MR) is 49.5 cm³/mol.